The summed E-state index contributed by atoms with van der Waals surface area (Å²) in [5.41, 5.74) is 6.97. The predicted octanol–water partition coefficient (Wildman–Crippen LogP) is 1.92. The highest BCUT2D eigenvalue weighted by atomic mass is 35.5. The third kappa shape index (κ3) is 2.47. The number of nitrogens with two attached hydrogens (primary N) is 1. The molecule has 1 aromatic carbocycles. The van der Waals surface area contributed by atoms with Crippen molar-refractivity contribution < 1.29 is 0 Å². The molecule has 1 aliphatic rings. The van der Waals surface area contributed by atoms with Crippen LogP contribution in [0.3, 0.4) is 0 Å². The summed E-state index contributed by atoms with van der Waals surface area (Å²) in [6.07, 6.45) is 2.21. The Morgan fingerprint density at radius 2 is 1.93 bits per heavy atom. The van der Waals surface area contributed by atoms with E-state index >= 15 is 0 Å². The van der Waals surface area contributed by atoms with Crippen molar-refractivity contribution in [3.63, 3.8) is 0 Å². The van der Waals surface area contributed by atoms with E-state index in [1.165, 1.54) is 5.56 Å². The van der Waals surface area contributed by atoms with Gasteiger partial charge < -0.3 is 11.1 Å². The van der Waals surface area contributed by atoms with Crippen LogP contribution in [-0.4, -0.2) is 12.1 Å². The summed E-state index contributed by atoms with van der Waals surface area (Å²) in [5, 5.41) is 4.25. The van der Waals surface area contributed by atoms with E-state index in [2.05, 4.69) is 5.32 Å². The van der Waals surface area contributed by atoms with Crippen molar-refractivity contribution in [2.75, 3.05) is 0 Å². The predicted molar refractivity (Wildman–Crippen MR) is 59.3 cm³/mol. The van der Waals surface area contributed by atoms with E-state index < -0.39 is 0 Å². The van der Waals surface area contributed by atoms with Crippen LogP contribution in [0.2, 0.25) is 5.02 Å². The zero-order chi connectivity index (χ0) is 9.97. The van der Waals surface area contributed by atoms with E-state index in [1.807, 2.05) is 24.3 Å². The van der Waals surface area contributed by atoms with Gasteiger partial charge in [0.15, 0.2) is 0 Å². The third-order valence-electron chi connectivity index (χ3n) is 2.68. The Morgan fingerprint density at radius 1 is 1.29 bits per heavy atom. The summed E-state index contributed by atoms with van der Waals surface area (Å²) in [7, 11) is 0. The smallest absolute Gasteiger partial charge is 0.0406 e. The van der Waals surface area contributed by atoms with Crippen LogP contribution < -0.4 is 11.1 Å². The number of hydrogen-bond donors (Lipinski definition) is 2. The van der Waals surface area contributed by atoms with E-state index in [9.17, 15) is 0 Å². The molecule has 2 rings (SSSR count). The summed E-state index contributed by atoms with van der Waals surface area (Å²) in [6, 6.07) is 8.97. The first kappa shape index (κ1) is 9.97. The normalized spacial score (nSPS) is 25.9. The minimum atomic E-state index is 0.415. The van der Waals surface area contributed by atoms with Gasteiger partial charge in [0.25, 0.3) is 0 Å². The van der Waals surface area contributed by atoms with E-state index in [-0.39, 0.29) is 0 Å². The van der Waals surface area contributed by atoms with Crippen LogP contribution in [0.1, 0.15) is 18.4 Å². The van der Waals surface area contributed by atoms with Gasteiger partial charge in [0.05, 0.1) is 0 Å². The summed E-state index contributed by atoms with van der Waals surface area (Å²) in [6.45, 7) is 0.911. The molecular formula is C11H15ClN2. The van der Waals surface area contributed by atoms with Gasteiger partial charge in [-0.3, -0.25) is 0 Å². The van der Waals surface area contributed by atoms with Gasteiger partial charge in [-0.25, -0.2) is 0 Å². The highest BCUT2D eigenvalue weighted by molar-refractivity contribution is 6.30. The molecule has 0 aliphatic heterocycles. The lowest BCUT2D eigenvalue weighted by molar-refractivity contribution is 0.291. The maximum atomic E-state index is 5.80. The molecule has 0 spiro atoms. The van der Waals surface area contributed by atoms with Crippen LogP contribution in [0.15, 0.2) is 24.3 Å². The minimum Gasteiger partial charge on any atom is -0.328 e. The van der Waals surface area contributed by atoms with Crippen molar-refractivity contribution in [2.24, 2.45) is 5.73 Å². The Morgan fingerprint density at radius 3 is 2.50 bits per heavy atom. The number of benzene rings is 1. The van der Waals surface area contributed by atoms with E-state index in [4.69, 9.17) is 17.3 Å². The van der Waals surface area contributed by atoms with Crippen LogP contribution in [0.5, 0.6) is 0 Å². The van der Waals surface area contributed by atoms with Crippen LogP contribution in [0.25, 0.3) is 0 Å². The van der Waals surface area contributed by atoms with Gasteiger partial charge in [-0.05, 0) is 30.5 Å². The molecule has 14 heavy (non-hydrogen) atoms. The van der Waals surface area contributed by atoms with Crippen LogP contribution >= 0.6 is 11.6 Å². The molecule has 0 amide bonds. The lowest BCUT2D eigenvalue weighted by Crippen LogP contribution is -2.48. The van der Waals surface area contributed by atoms with Gasteiger partial charge in [-0.1, -0.05) is 23.7 Å². The van der Waals surface area contributed by atoms with Gasteiger partial charge in [0.2, 0.25) is 0 Å². The second-order valence-corrected chi connectivity index (χ2v) is 4.37. The standard InChI is InChI=1S/C11H15ClN2/c12-9-3-1-8(2-4-9)7-14-11-5-10(13)6-11/h1-4,10-11,14H,5-7,13H2. The van der Waals surface area contributed by atoms with Crippen LogP contribution in [-0.2, 0) is 6.54 Å². The summed E-state index contributed by atoms with van der Waals surface area (Å²) < 4.78 is 0. The first-order chi connectivity index (χ1) is 6.74. The Kier molecular flexibility index (Phi) is 3.06. The highest BCUT2D eigenvalue weighted by Crippen LogP contribution is 2.18. The van der Waals surface area contributed by atoms with Crippen molar-refractivity contribution >= 4 is 11.6 Å². The molecule has 1 fully saturated rings. The number of halogens is 1. The van der Waals surface area contributed by atoms with E-state index in [0.717, 1.165) is 24.4 Å². The zero-order valence-corrected chi connectivity index (χ0v) is 8.80. The van der Waals surface area contributed by atoms with Gasteiger partial charge in [0, 0.05) is 23.7 Å². The minimum absolute atomic E-state index is 0.415. The fraction of sp³-hybridized carbons (Fsp3) is 0.455. The quantitative estimate of drug-likeness (QED) is 0.800. The van der Waals surface area contributed by atoms with Crippen LogP contribution in [0, 0.1) is 0 Å². The van der Waals surface area contributed by atoms with Crippen molar-refractivity contribution in [3.8, 4) is 0 Å². The van der Waals surface area contributed by atoms with Crippen molar-refractivity contribution in [1.82, 2.24) is 5.32 Å². The number of nitrogens with one attached hydrogen (secondary N) is 1. The summed E-state index contributed by atoms with van der Waals surface area (Å²) >= 11 is 5.80. The lowest BCUT2D eigenvalue weighted by Gasteiger charge is -2.33. The topological polar surface area (TPSA) is 38.0 Å². The van der Waals surface area contributed by atoms with E-state index in [0.29, 0.717) is 12.1 Å². The molecule has 1 aromatic rings. The Bertz CT molecular complexity index is 291. The number of hydrogen-bond acceptors (Lipinski definition) is 2. The van der Waals surface area contributed by atoms with E-state index in [1.54, 1.807) is 0 Å². The third-order valence-corrected chi connectivity index (χ3v) is 2.93. The average molecular weight is 211 g/mol. The molecule has 0 heterocycles. The first-order valence-electron chi connectivity index (χ1n) is 4.97. The Labute approximate surface area is 89.4 Å². The summed E-state index contributed by atoms with van der Waals surface area (Å²) in [4.78, 5) is 0. The average Bonchev–Trinajstić information content (AvgIpc) is 2.13. The monoisotopic (exact) mass is 210 g/mol. The maximum absolute atomic E-state index is 5.80. The van der Waals surface area contributed by atoms with Gasteiger partial charge in [0.1, 0.15) is 0 Å². The van der Waals surface area contributed by atoms with Gasteiger partial charge in [-0.2, -0.15) is 0 Å². The fourth-order valence-corrected chi connectivity index (χ4v) is 1.82. The molecule has 1 saturated carbocycles. The van der Waals surface area contributed by atoms with Gasteiger partial charge >= 0.3 is 0 Å². The molecule has 0 unspecified atom stereocenters. The van der Waals surface area contributed by atoms with Crippen LogP contribution in [0.4, 0.5) is 0 Å². The second kappa shape index (κ2) is 4.30. The second-order valence-electron chi connectivity index (χ2n) is 3.94. The SMILES string of the molecule is NC1CC(NCc2ccc(Cl)cc2)C1. The lowest BCUT2D eigenvalue weighted by atomic mass is 9.87. The first-order valence-corrected chi connectivity index (χ1v) is 5.35. The van der Waals surface area contributed by atoms with Gasteiger partial charge in [-0.15, -0.1) is 0 Å². The highest BCUT2D eigenvalue weighted by Gasteiger charge is 2.24. The number of rotatable bonds is 3. The molecular weight excluding hydrogens is 196 g/mol. The molecule has 0 aromatic heterocycles. The van der Waals surface area contributed by atoms with Crippen molar-refractivity contribution in [2.45, 2.75) is 31.5 Å². The molecule has 3 N–H and O–H groups in total. The Hall–Kier alpha value is -0.570. The molecule has 0 saturated heterocycles. The van der Waals surface area contributed by atoms with Crippen molar-refractivity contribution in [3.05, 3.63) is 34.9 Å². The molecule has 1 aliphatic carbocycles. The maximum Gasteiger partial charge on any atom is 0.0406 e. The summed E-state index contributed by atoms with van der Waals surface area (Å²) in [5.74, 6) is 0. The fourth-order valence-electron chi connectivity index (χ4n) is 1.69. The molecule has 0 bridgehead atoms. The molecule has 76 valence electrons. The molecule has 2 nitrogen and oxygen atoms in total. The molecule has 0 radical (unpaired) electrons. The zero-order valence-electron chi connectivity index (χ0n) is 8.04. The molecule has 3 heteroatoms. The molecule has 0 atom stereocenters. The largest absolute Gasteiger partial charge is 0.328 e. The van der Waals surface area contributed by atoms with Crippen molar-refractivity contribution in [1.29, 1.82) is 0 Å². The Balaban J connectivity index is 1.78.